The van der Waals surface area contributed by atoms with Crippen LogP contribution in [-0.2, 0) is 6.42 Å². The Balaban J connectivity index is 2.15. The zero-order valence-corrected chi connectivity index (χ0v) is 12.4. The predicted octanol–water partition coefficient (Wildman–Crippen LogP) is 4.74. The number of aliphatic hydroxyl groups is 1. The molecule has 3 heteroatoms. The summed E-state index contributed by atoms with van der Waals surface area (Å²) >= 11 is 5.99. The second-order valence-electron chi connectivity index (χ2n) is 6.63. The standard InChI is InChI=1S/C16H22ClFO/c1-15(2)7-4-8-16(19,10-9-15)11-12-5-3-6-13(18)14(12)17/h3,5-6,19H,4,7-11H2,1-2H3. The molecule has 1 nitrogen and oxygen atoms in total. The fourth-order valence-corrected chi connectivity index (χ4v) is 3.13. The number of hydrogen-bond donors (Lipinski definition) is 1. The maximum atomic E-state index is 13.4. The van der Waals surface area contributed by atoms with Crippen molar-refractivity contribution in [3.8, 4) is 0 Å². The van der Waals surface area contributed by atoms with E-state index in [4.69, 9.17) is 11.6 Å². The van der Waals surface area contributed by atoms with Crippen LogP contribution in [0.25, 0.3) is 0 Å². The van der Waals surface area contributed by atoms with Crippen molar-refractivity contribution in [2.45, 2.75) is 58.0 Å². The molecule has 1 aliphatic rings. The third kappa shape index (κ3) is 3.70. The number of halogens is 2. The second kappa shape index (κ2) is 5.41. The molecule has 0 heterocycles. The summed E-state index contributed by atoms with van der Waals surface area (Å²) in [4.78, 5) is 0. The molecule has 1 N–H and O–H groups in total. The van der Waals surface area contributed by atoms with E-state index in [1.165, 1.54) is 6.07 Å². The lowest BCUT2D eigenvalue weighted by molar-refractivity contribution is 0.0226. The van der Waals surface area contributed by atoms with E-state index in [2.05, 4.69) is 13.8 Å². The van der Waals surface area contributed by atoms with Gasteiger partial charge in [-0.15, -0.1) is 0 Å². The Morgan fingerprint density at radius 2 is 1.95 bits per heavy atom. The van der Waals surface area contributed by atoms with E-state index >= 15 is 0 Å². The molecule has 0 radical (unpaired) electrons. The van der Waals surface area contributed by atoms with E-state index in [9.17, 15) is 9.50 Å². The molecule has 19 heavy (non-hydrogen) atoms. The summed E-state index contributed by atoms with van der Waals surface area (Å²) in [6.07, 6.45) is 5.11. The summed E-state index contributed by atoms with van der Waals surface area (Å²) < 4.78 is 13.4. The highest BCUT2D eigenvalue weighted by molar-refractivity contribution is 6.31. The molecular formula is C16H22ClFO. The summed E-state index contributed by atoms with van der Waals surface area (Å²) in [6, 6.07) is 4.81. The molecule has 1 unspecified atom stereocenters. The molecule has 0 amide bonds. The van der Waals surface area contributed by atoms with Crippen molar-refractivity contribution >= 4 is 11.6 Å². The highest BCUT2D eigenvalue weighted by Crippen LogP contribution is 2.40. The van der Waals surface area contributed by atoms with Crippen LogP contribution in [0, 0.1) is 11.2 Å². The van der Waals surface area contributed by atoms with Crippen molar-refractivity contribution in [2.75, 3.05) is 0 Å². The van der Waals surface area contributed by atoms with E-state index in [-0.39, 0.29) is 10.4 Å². The van der Waals surface area contributed by atoms with Gasteiger partial charge in [0.25, 0.3) is 0 Å². The van der Waals surface area contributed by atoms with Crippen LogP contribution in [0.4, 0.5) is 4.39 Å². The molecule has 1 aliphatic carbocycles. The van der Waals surface area contributed by atoms with Gasteiger partial charge in [0.15, 0.2) is 0 Å². The van der Waals surface area contributed by atoms with Crippen LogP contribution in [0.3, 0.4) is 0 Å². The van der Waals surface area contributed by atoms with Gasteiger partial charge < -0.3 is 5.11 Å². The van der Waals surface area contributed by atoms with Crippen LogP contribution in [0.5, 0.6) is 0 Å². The molecule has 2 rings (SSSR count). The van der Waals surface area contributed by atoms with Gasteiger partial charge in [-0.3, -0.25) is 0 Å². The zero-order valence-electron chi connectivity index (χ0n) is 11.7. The van der Waals surface area contributed by atoms with E-state index in [0.717, 1.165) is 32.1 Å². The lowest BCUT2D eigenvalue weighted by atomic mass is 9.83. The van der Waals surface area contributed by atoms with Gasteiger partial charge in [0, 0.05) is 6.42 Å². The Bertz CT molecular complexity index is 458. The maximum Gasteiger partial charge on any atom is 0.142 e. The number of rotatable bonds is 2. The van der Waals surface area contributed by atoms with E-state index in [0.29, 0.717) is 12.0 Å². The first-order valence-electron chi connectivity index (χ1n) is 6.97. The summed E-state index contributed by atoms with van der Waals surface area (Å²) in [7, 11) is 0. The van der Waals surface area contributed by atoms with Crippen LogP contribution in [0.15, 0.2) is 18.2 Å². The largest absolute Gasteiger partial charge is 0.390 e. The molecule has 0 aliphatic heterocycles. The molecule has 0 saturated heterocycles. The SMILES string of the molecule is CC1(C)CCCC(O)(Cc2cccc(F)c2Cl)CC1. The first kappa shape index (κ1) is 14.8. The average Bonchev–Trinajstić information content (AvgIpc) is 2.45. The zero-order chi connectivity index (χ0) is 14.1. The predicted molar refractivity (Wildman–Crippen MR) is 76.9 cm³/mol. The molecule has 0 spiro atoms. The van der Waals surface area contributed by atoms with Crippen molar-refractivity contribution in [2.24, 2.45) is 5.41 Å². The van der Waals surface area contributed by atoms with Gasteiger partial charge in [-0.05, 0) is 42.7 Å². The average molecular weight is 285 g/mol. The first-order valence-corrected chi connectivity index (χ1v) is 7.34. The van der Waals surface area contributed by atoms with Gasteiger partial charge in [-0.2, -0.15) is 0 Å². The lowest BCUT2D eigenvalue weighted by Crippen LogP contribution is -2.31. The maximum absolute atomic E-state index is 13.4. The lowest BCUT2D eigenvalue weighted by Gasteiger charge is -2.28. The molecule has 1 saturated carbocycles. The normalized spacial score (nSPS) is 27.0. The summed E-state index contributed by atoms with van der Waals surface area (Å²) in [6.45, 7) is 4.49. The van der Waals surface area contributed by atoms with Crippen molar-refractivity contribution in [1.82, 2.24) is 0 Å². The number of hydrogen-bond acceptors (Lipinski definition) is 1. The minimum atomic E-state index is -0.745. The van der Waals surface area contributed by atoms with Gasteiger partial charge in [-0.1, -0.05) is 44.0 Å². The van der Waals surface area contributed by atoms with Gasteiger partial charge in [0.05, 0.1) is 10.6 Å². The van der Waals surface area contributed by atoms with Gasteiger partial charge >= 0.3 is 0 Å². The Kier molecular flexibility index (Phi) is 4.22. The van der Waals surface area contributed by atoms with Crippen molar-refractivity contribution < 1.29 is 9.50 Å². The van der Waals surface area contributed by atoms with Crippen LogP contribution < -0.4 is 0 Å². The molecule has 1 fully saturated rings. The Morgan fingerprint density at radius 1 is 1.21 bits per heavy atom. The molecule has 0 bridgehead atoms. The van der Waals surface area contributed by atoms with E-state index in [1.54, 1.807) is 12.1 Å². The van der Waals surface area contributed by atoms with Crippen molar-refractivity contribution in [1.29, 1.82) is 0 Å². The molecule has 1 atom stereocenters. The van der Waals surface area contributed by atoms with Crippen LogP contribution >= 0.6 is 11.6 Å². The number of benzene rings is 1. The smallest absolute Gasteiger partial charge is 0.142 e. The van der Waals surface area contributed by atoms with Gasteiger partial charge in [0.1, 0.15) is 5.82 Å². The van der Waals surface area contributed by atoms with Crippen LogP contribution in [0.1, 0.15) is 51.5 Å². The topological polar surface area (TPSA) is 20.2 Å². The van der Waals surface area contributed by atoms with E-state index in [1.807, 2.05) is 0 Å². The molecular weight excluding hydrogens is 263 g/mol. The molecule has 1 aromatic rings. The van der Waals surface area contributed by atoms with Gasteiger partial charge in [-0.25, -0.2) is 4.39 Å². The van der Waals surface area contributed by atoms with E-state index < -0.39 is 11.4 Å². The minimum absolute atomic E-state index is 0.152. The quantitative estimate of drug-likeness (QED) is 0.778. The Morgan fingerprint density at radius 3 is 2.68 bits per heavy atom. The fourth-order valence-electron chi connectivity index (χ4n) is 2.93. The summed E-state index contributed by atoms with van der Waals surface area (Å²) in [5.41, 5.74) is 0.255. The highest BCUT2D eigenvalue weighted by atomic mass is 35.5. The monoisotopic (exact) mass is 284 g/mol. The Hall–Kier alpha value is -0.600. The summed E-state index contributed by atoms with van der Waals surface area (Å²) in [5, 5.41) is 10.9. The third-order valence-corrected chi connectivity index (χ3v) is 4.74. The van der Waals surface area contributed by atoms with Crippen molar-refractivity contribution in [3.63, 3.8) is 0 Å². The second-order valence-corrected chi connectivity index (χ2v) is 7.01. The van der Waals surface area contributed by atoms with Crippen LogP contribution in [-0.4, -0.2) is 10.7 Å². The minimum Gasteiger partial charge on any atom is -0.390 e. The van der Waals surface area contributed by atoms with Crippen LogP contribution in [0.2, 0.25) is 5.02 Å². The first-order chi connectivity index (χ1) is 8.81. The fraction of sp³-hybridized carbons (Fsp3) is 0.625. The molecule has 0 aromatic heterocycles. The Labute approximate surface area is 119 Å². The summed E-state index contributed by atoms with van der Waals surface area (Å²) in [5.74, 6) is -0.406. The highest BCUT2D eigenvalue weighted by Gasteiger charge is 2.34. The molecule has 1 aromatic carbocycles. The van der Waals surface area contributed by atoms with Crippen molar-refractivity contribution in [3.05, 3.63) is 34.6 Å². The van der Waals surface area contributed by atoms with Gasteiger partial charge in [0.2, 0.25) is 0 Å². The third-order valence-electron chi connectivity index (χ3n) is 4.31. The molecule has 106 valence electrons.